The number of carbonyl (C=O) groups is 2. The van der Waals surface area contributed by atoms with Gasteiger partial charge < -0.3 is 19.5 Å². The molecule has 4 rings (SSSR count). The van der Waals surface area contributed by atoms with E-state index in [1.54, 1.807) is 30.3 Å². The van der Waals surface area contributed by atoms with Crippen LogP contribution >= 0.6 is 0 Å². The summed E-state index contributed by atoms with van der Waals surface area (Å²) in [6.07, 6.45) is -1.01. The van der Waals surface area contributed by atoms with Gasteiger partial charge in [0.1, 0.15) is 5.82 Å². The summed E-state index contributed by atoms with van der Waals surface area (Å²) in [4.78, 5) is 29.9. The summed E-state index contributed by atoms with van der Waals surface area (Å²) in [6, 6.07) is 20.0. The first-order valence-electron chi connectivity index (χ1n) is 10.7. The van der Waals surface area contributed by atoms with Crippen molar-refractivity contribution in [2.45, 2.75) is 20.0 Å². The molecule has 0 bridgehead atoms. The molecule has 0 aliphatic carbocycles. The van der Waals surface area contributed by atoms with E-state index in [-0.39, 0.29) is 0 Å². The number of carbonyl (C=O) groups excluding carboxylic acids is 2. The molecule has 3 aromatic carbocycles. The van der Waals surface area contributed by atoms with Crippen LogP contribution in [-0.2, 0) is 9.53 Å². The zero-order valence-corrected chi connectivity index (χ0v) is 19.4. The first-order valence-corrected chi connectivity index (χ1v) is 10.7. The SMILES string of the molecule is COc1ccc(NC(=O)C(C)OC(=O)c2ccc3c(c2)nc(C)n3-c2ccccc2)cc1OC. The third-order valence-corrected chi connectivity index (χ3v) is 5.38. The molecule has 1 heterocycles. The summed E-state index contributed by atoms with van der Waals surface area (Å²) < 4.78 is 17.9. The Bertz CT molecular complexity index is 1350. The molecule has 0 fully saturated rings. The van der Waals surface area contributed by atoms with E-state index in [1.165, 1.54) is 21.1 Å². The van der Waals surface area contributed by atoms with E-state index in [1.807, 2.05) is 47.9 Å². The number of para-hydroxylation sites is 1. The molecule has 0 radical (unpaired) electrons. The van der Waals surface area contributed by atoms with Crippen molar-refractivity contribution in [2.75, 3.05) is 19.5 Å². The Morgan fingerprint density at radius 3 is 2.38 bits per heavy atom. The van der Waals surface area contributed by atoms with Gasteiger partial charge >= 0.3 is 5.97 Å². The summed E-state index contributed by atoms with van der Waals surface area (Å²) >= 11 is 0. The van der Waals surface area contributed by atoms with Crippen LogP contribution in [0.1, 0.15) is 23.1 Å². The number of aryl methyl sites for hydroxylation is 1. The fraction of sp³-hybridized carbons (Fsp3) is 0.192. The minimum Gasteiger partial charge on any atom is -0.493 e. The molecule has 1 unspecified atom stereocenters. The fourth-order valence-electron chi connectivity index (χ4n) is 3.67. The first kappa shape index (κ1) is 22.8. The van der Waals surface area contributed by atoms with Crippen molar-refractivity contribution >= 4 is 28.6 Å². The lowest BCUT2D eigenvalue weighted by Gasteiger charge is -2.15. The first-order chi connectivity index (χ1) is 16.4. The predicted molar refractivity (Wildman–Crippen MR) is 129 cm³/mol. The van der Waals surface area contributed by atoms with Crippen molar-refractivity contribution in [3.05, 3.63) is 78.1 Å². The van der Waals surface area contributed by atoms with Gasteiger partial charge in [-0.3, -0.25) is 9.36 Å². The van der Waals surface area contributed by atoms with Crippen LogP contribution in [0.5, 0.6) is 11.5 Å². The summed E-state index contributed by atoms with van der Waals surface area (Å²) in [7, 11) is 3.04. The average molecular weight is 460 g/mol. The van der Waals surface area contributed by atoms with E-state index in [0.29, 0.717) is 28.3 Å². The van der Waals surface area contributed by atoms with Gasteiger partial charge in [0.2, 0.25) is 0 Å². The maximum absolute atomic E-state index is 12.7. The molecule has 1 amide bonds. The van der Waals surface area contributed by atoms with E-state index in [9.17, 15) is 9.59 Å². The Balaban J connectivity index is 1.48. The number of anilines is 1. The second-order valence-corrected chi connectivity index (χ2v) is 7.64. The molecule has 0 saturated heterocycles. The van der Waals surface area contributed by atoms with Crippen LogP contribution in [0.25, 0.3) is 16.7 Å². The zero-order chi connectivity index (χ0) is 24.2. The Kier molecular flexibility index (Phi) is 6.49. The molecule has 1 N–H and O–H groups in total. The smallest absolute Gasteiger partial charge is 0.338 e. The predicted octanol–water partition coefficient (Wildman–Crippen LogP) is 4.54. The molecule has 8 nitrogen and oxygen atoms in total. The number of aromatic nitrogens is 2. The van der Waals surface area contributed by atoms with Gasteiger partial charge in [0.15, 0.2) is 17.6 Å². The molecule has 174 valence electrons. The largest absolute Gasteiger partial charge is 0.493 e. The molecule has 0 aliphatic rings. The minimum atomic E-state index is -1.01. The third-order valence-electron chi connectivity index (χ3n) is 5.38. The molecule has 1 atom stereocenters. The second kappa shape index (κ2) is 9.66. The zero-order valence-electron chi connectivity index (χ0n) is 19.4. The lowest BCUT2D eigenvalue weighted by atomic mass is 10.2. The van der Waals surface area contributed by atoms with Gasteiger partial charge in [-0.2, -0.15) is 0 Å². The fourth-order valence-corrected chi connectivity index (χ4v) is 3.67. The van der Waals surface area contributed by atoms with Crippen LogP contribution in [0.3, 0.4) is 0 Å². The summed E-state index contributed by atoms with van der Waals surface area (Å²) in [5, 5.41) is 2.72. The molecular formula is C26H25N3O5. The van der Waals surface area contributed by atoms with E-state index >= 15 is 0 Å². The number of fused-ring (bicyclic) bond motifs is 1. The number of rotatable bonds is 7. The highest BCUT2D eigenvalue weighted by Crippen LogP contribution is 2.30. The number of esters is 1. The molecule has 0 saturated carbocycles. The van der Waals surface area contributed by atoms with Crippen LogP contribution < -0.4 is 14.8 Å². The van der Waals surface area contributed by atoms with Crippen molar-refractivity contribution in [1.29, 1.82) is 0 Å². The van der Waals surface area contributed by atoms with Gasteiger partial charge in [0.05, 0.1) is 30.8 Å². The van der Waals surface area contributed by atoms with Crippen LogP contribution in [-0.4, -0.2) is 41.8 Å². The molecule has 8 heteroatoms. The normalized spacial score (nSPS) is 11.6. The van der Waals surface area contributed by atoms with Gasteiger partial charge in [-0.1, -0.05) is 18.2 Å². The Labute approximate surface area is 197 Å². The Morgan fingerprint density at radius 1 is 0.941 bits per heavy atom. The van der Waals surface area contributed by atoms with Crippen LogP contribution in [0.4, 0.5) is 5.69 Å². The maximum Gasteiger partial charge on any atom is 0.338 e. The quantitative estimate of drug-likeness (QED) is 0.408. The molecule has 1 aromatic heterocycles. The average Bonchev–Trinajstić information content (AvgIpc) is 3.19. The van der Waals surface area contributed by atoms with Gasteiger partial charge in [0, 0.05) is 17.4 Å². The third kappa shape index (κ3) is 4.56. The minimum absolute atomic E-state index is 0.316. The second-order valence-electron chi connectivity index (χ2n) is 7.64. The van der Waals surface area contributed by atoms with Gasteiger partial charge in [-0.25, -0.2) is 9.78 Å². The number of nitrogens with zero attached hydrogens (tertiary/aromatic N) is 2. The number of methoxy groups -OCH3 is 2. The number of hydrogen-bond acceptors (Lipinski definition) is 6. The summed E-state index contributed by atoms with van der Waals surface area (Å²) in [5.41, 5.74) is 3.33. The van der Waals surface area contributed by atoms with E-state index < -0.39 is 18.0 Å². The van der Waals surface area contributed by atoms with Crippen molar-refractivity contribution < 1.29 is 23.8 Å². The summed E-state index contributed by atoms with van der Waals surface area (Å²) in [5.74, 6) is 0.743. The molecule has 4 aromatic rings. The highest BCUT2D eigenvalue weighted by atomic mass is 16.5. The number of nitrogens with one attached hydrogen (secondary N) is 1. The number of benzene rings is 3. The lowest BCUT2D eigenvalue weighted by Crippen LogP contribution is -2.30. The monoisotopic (exact) mass is 459 g/mol. The van der Waals surface area contributed by atoms with E-state index in [4.69, 9.17) is 14.2 Å². The standard InChI is InChI=1S/C26H25N3O5/c1-16(25(30)28-19-11-13-23(32-3)24(15-19)33-4)34-26(31)18-10-12-22-21(14-18)27-17(2)29(22)20-8-6-5-7-9-20/h5-16H,1-4H3,(H,28,30). The molecule has 0 aliphatic heterocycles. The number of ether oxygens (including phenoxy) is 3. The highest BCUT2D eigenvalue weighted by molar-refractivity contribution is 5.98. The van der Waals surface area contributed by atoms with Crippen molar-refractivity contribution in [3.63, 3.8) is 0 Å². The van der Waals surface area contributed by atoms with Gasteiger partial charge in [-0.15, -0.1) is 0 Å². The Hall–Kier alpha value is -4.33. The highest BCUT2D eigenvalue weighted by Gasteiger charge is 2.21. The molecule has 0 spiro atoms. The topological polar surface area (TPSA) is 91.7 Å². The Morgan fingerprint density at radius 2 is 1.68 bits per heavy atom. The van der Waals surface area contributed by atoms with Crippen molar-refractivity contribution in [2.24, 2.45) is 0 Å². The maximum atomic E-state index is 12.7. The molecule has 34 heavy (non-hydrogen) atoms. The number of hydrogen-bond donors (Lipinski definition) is 1. The van der Waals surface area contributed by atoms with Crippen LogP contribution in [0, 0.1) is 6.92 Å². The lowest BCUT2D eigenvalue weighted by molar-refractivity contribution is -0.123. The van der Waals surface area contributed by atoms with E-state index in [0.717, 1.165) is 17.0 Å². The van der Waals surface area contributed by atoms with Gasteiger partial charge in [0.25, 0.3) is 5.91 Å². The van der Waals surface area contributed by atoms with E-state index in [2.05, 4.69) is 10.3 Å². The summed E-state index contributed by atoms with van der Waals surface area (Å²) in [6.45, 7) is 3.42. The van der Waals surface area contributed by atoms with Crippen molar-refractivity contribution in [3.8, 4) is 17.2 Å². The molecular weight excluding hydrogens is 434 g/mol. The number of imidazole rings is 1. The van der Waals surface area contributed by atoms with Crippen LogP contribution in [0.2, 0.25) is 0 Å². The van der Waals surface area contributed by atoms with Crippen LogP contribution in [0.15, 0.2) is 66.7 Å². The van der Waals surface area contributed by atoms with Gasteiger partial charge in [-0.05, 0) is 56.3 Å². The number of amides is 1. The van der Waals surface area contributed by atoms with Crippen molar-refractivity contribution in [1.82, 2.24) is 9.55 Å².